The van der Waals surface area contributed by atoms with Crippen LogP contribution < -0.4 is 10.7 Å². The number of aliphatic hydroxyl groups is 1. The van der Waals surface area contributed by atoms with Crippen LogP contribution in [-0.2, 0) is 0 Å². The number of carbonyl (C=O) groups excluding carboxylic acids is 1. The van der Waals surface area contributed by atoms with Gasteiger partial charge in [0.05, 0.1) is 0 Å². The Hall–Kier alpha value is -2.08. The van der Waals surface area contributed by atoms with Gasteiger partial charge in [-0.15, -0.1) is 0 Å². The molecule has 1 aliphatic heterocycles. The van der Waals surface area contributed by atoms with Gasteiger partial charge in [0.2, 0.25) is 17.3 Å². The van der Waals surface area contributed by atoms with Gasteiger partial charge >= 0.3 is 0 Å². The minimum absolute atomic E-state index is 0.101. The highest BCUT2D eigenvalue weighted by Crippen LogP contribution is 2.27. The third kappa shape index (κ3) is 1.31. The Morgan fingerprint density at radius 3 is 2.75 bits per heavy atom. The summed E-state index contributed by atoms with van der Waals surface area (Å²) in [4.78, 5) is 22.9. The molecule has 0 bridgehead atoms. The number of anilines is 1. The van der Waals surface area contributed by atoms with E-state index in [9.17, 15) is 19.8 Å². The molecule has 6 nitrogen and oxygen atoms in total. The number of aromatic hydroxyl groups is 1. The van der Waals surface area contributed by atoms with Gasteiger partial charge in [0.1, 0.15) is 5.69 Å². The van der Waals surface area contributed by atoms with Crippen molar-refractivity contribution < 1.29 is 19.4 Å². The first-order chi connectivity index (χ1) is 7.56. The van der Waals surface area contributed by atoms with Gasteiger partial charge in [-0.1, -0.05) is 6.08 Å². The number of rotatable bonds is 1. The fourth-order valence-corrected chi connectivity index (χ4v) is 1.44. The number of ketones is 1. The maximum Gasteiger partial charge on any atom is 0.251 e. The highest BCUT2D eigenvalue weighted by molar-refractivity contribution is 6.07. The number of allylic oxidation sites excluding steroid dienone is 1. The highest BCUT2D eigenvalue weighted by Gasteiger charge is 2.35. The van der Waals surface area contributed by atoms with Crippen LogP contribution in [0.15, 0.2) is 15.3 Å². The summed E-state index contributed by atoms with van der Waals surface area (Å²) in [6.45, 7) is 1.67. The zero-order valence-corrected chi connectivity index (χ0v) is 8.35. The van der Waals surface area contributed by atoms with E-state index in [0.29, 0.717) is 0 Å². The van der Waals surface area contributed by atoms with E-state index in [0.717, 1.165) is 0 Å². The molecule has 1 aliphatic rings. The molecular formula is C10H9NO5. The van der Waals surface area contributed by atoms with Gasteiger partial charge in [0.25, 0.3) is 5.43 Å². The van der Waals surface area contributed by atoms with Crippen LogP contribution >= 0.6 is 0 Å². The Kier molecular flexibility index (Phi) is 2.28. The Morgan fingerprint density at radius 1 is 1.44 bits per heavy atom. The number of nitrogens with one attached hydrogen (secondary N) is 1. The van der Waals surface area contributed by atoms with Crippen molar-refractivity contribution >= 4 is 17.5 Å². The van der Waals surface area contributed by atoms with Crippen molar-refractivity contribution in [3.8, 4) is 5.75 Å². The molecule has 6 heteroatoms. The molecule has 0 aliphatic carbocycles. The van der Waals surface area contributed by atoms with Gasteiger partial charge in [-0.25, -0.2) is 0 Å². The van der Waals surface area contributed by atoms with Crippen LogP contribution in [0, 0.1) is 0 Å². The molecule has 1 aromatic heterocycles. The summed E-state index contributed by atoms with van der Waals surface area (Å²) in [5.41, 5.74) is -0.970. The second-order valence-electron chi connectivity index (χ2n) is 3.26. The van der Waals surface area contributed by atoms with Gasteiger partial charge < -0.3 is 19.9 Å². The Labute approximate surface area is 89.8 Å². The Balaban J connectivity index is 2.72. The molecule has 0 fully saturated rings. The molecule has 1 unspecified atom stereocenters. The van der Waals surface area contributed by atoms with Crippen molar-refractivity contribution in [2.75, 3.05) is 5.32 Å². The molecule has 0 spiro atoms. The lowest BCUT2D eigenvalue weighted by Gasteiger charge is -2.01. The molecule has 1 atom stereocenters. The second-order valence-corrected chi connectivity index (χ2v) is 3.26. The van der Waals surface area contributed by atoms with Crippen LogP contribution in [0.25, 0.3) is 6.08 Å². The predicted octanol–water partition coefficient (Wildman–Crippen LogP) is 0.305. The van der Waals surface area contributed by atoms with Crippen LogP contribution in [0.4, 0.5) is 5.69 Å². The zero-order chi connectivity index (χ0) is 11.9. The average molecular weight is 223 g/mol. The molecule has 0 amide bonds. The summed E-state index contributed by atoms with van der Waals surface area (Å²) in [6, 6.07) is 0. The minimum atomic E-state index is -1.49. The molecule has 84 valence electrons. The minimum Gasteiger partial charge on any atom is -0.501 e. The van der Waals surface area contributed by atoms with Crippen molar-refractivity contribution in [3.63, 3.8) is 0 Å². The lowest BCUT2D eigenvalue weighted by Crippen LogP contribution is -2.21. The first-order valence-electron chi connectivity index (χ1n) is 4.58. The van der Waals surface area contributed by atoms with E-state index in [4.69, 9.17) is 4.42 Å². The summed E-state index contributed by atoms with van der Waals surface area (Å²) in [5, 5.41) is 20.9. The smallest absolute Gasteiger partial charge is 0.251 e. The van der Waals surface area contributed by atoms with Crippen LogP contribution in [0.2, 0.25) is 0 Å². The van der Waals surface area contributed by atoms with E-state index in [-0.39, 0.29) is 17.2 Å². The quantitative estimate of drug-likeness (QED) is 0.633. The second kappa shape index (κ2) is 3.49. The summed E-state index contributed by atoms with van der Waals surface area (Å²) < 4.78 is 5.05. The molecule has 0 aromatic carbocycles. The van der Waals surface area contributed by atoms with Crippen LogP contribution in [-0.4, -0.2) is 22.2 Å². The van der Waals surface area contributed by atoms with Crippen molar-refractivity contribution in [2.45, 2.75) is 13.2 Å². The number of Topliss-reactive ketones (excluding diaryl/α,β-unsaturated/α-hetero) is 1. The summed E-state index contributed by atoms with van der Waals surface area (Å²) >= 11 is 0. The summed E-state index contributed by atoms with van der Waals surface area (Å²) in [5.74, 6) is -1.68. The summed E-state index contributed by atoms with van der Waals surface area (Å²) in [7, 11) is 0. The van der Waals surface area contributed by atoms with Crippen LogP contribution in [0.3, 0.4) is 0 Å². The molecule has 0 radical (unpaired) electrons. The number of carbonyl (C=O) groups is 1. The third-order valence-electron chi connectivity index (χ3n) is 2.19. The first kappa shape index (κ1) is 10.4. The van der Waals surface area contributed by atoms with E-state index in [1.807, 2.05) is 0 Å². The van der Waals surface area contributed by atoms with E-state index in [1.165, 1.54) is 6.08 Å². The number of aliphatic hydroxyl groups excluding tert-OH is 1. The maximum atomic E-state index is 11.6. The van der Waals surface area contributed by atoms with Crippen molar-refractivity contribution in [1.29, 1.82) is 0 Å². The monoisotopic (exact) mass is 223 g/mol. The standard InChI is InChI=1S/C10H9NO5/c1-2-3-4-6(12)7(13)5-9(16-4)8(14)10(15)11-5/h2-3,10-12,15H,1H3. The lowest BCUT2D eigenvalue weighted by molar-refractivity contribution is 0.0788. The third-order valence-corrected chi connectivity index (χ3v) is 2.19. The molecule has 1 aromatic rings. The van der Waals surface area contributed by atoms with E-state index in [2.05, 4.69) is 5.32 Å². The van der Waals surface area contributed by atoms with Crippen molar-refractivity contribution in [2.24, 2.45) is 0 Å². The van der Waals surface area contributed by atoms with Crippen LogP contribution in [0.1, 0.15) is 23.2 Å². The zero-order valence-electron chi connectivity index (χ0n) is 8.35. The lowest BCUT2D eigenvalue weighted by atomic mass is 10.2. The average Bonchev–Trinajstić information content (AvgIpc) is 2.53. The van der Waals surface area contributed by atoms with E-state index in [1.54, 1.807) is 13.0 Å². The molecule has 3 N–H and O–H groups in total. The number of hydrogen-bond donors (Lipinski definition) is 3. The van der Waals surface area contributed by atoms with Gasteiger partial charge in [-0.2, -0.15) is 0 Å². The largest absolute Gasteiger partial charge is 0.501 e. The number of hydrogen-bond acceptors (Lipinski definition) is 6. The fourth-order valence-electron chi connectivity index (χ4n) is 1.44. The topological polar surface area (TPSA) is 99.8 Å². The van der Waals surface area contributed by atoms with Gasteiger partial charge in [0.15, 0.2) is 12.0 Å². The van der Waals surface area contributed by atoms with E-state index >= 15 is 0 Å². The van der Waals surface area contributed by atoms with E-state index < -0.39 is 23.2 Å². The maximum absolute atomic E-state index is 11.6. The summed E-state index contributed by atoms with van der Waals surface area (Å²) in [6.07, 6.45) is 1.41. The Bertz CT molecular complexity index is 543. The molecular weight excluding hydrogens is 214 g/mol. The SMILES string of the molecule is CC=Cc1oc2c(c(=O)c1O)NC(O)C2=O. The van der Waals surface area contributed by atoms with Gasteiger partial charge in [-0.3, -0.25) is 9.59 Å². The fraction of sp³-hybridized carbons (Fsp3) is 0.200. The Morgan fingerprint density at radius 2 is 2.12 bits per heavy atom. The predicted molar refractivity (Wildman–Crippen MR) is 55.3 cm³/mol. The van der Waals surface area contributed by atoms with Crippen molar-refractivity contribution in [3.05, 3.63) is 27.8 Å². The molecule has 0 saturated heterocycles. The normalized spacial score (nSPS) is 18.9. The molecule has 2 heterocycles. The van der Waals surface area contributed by atoms with Gasteiger partial charge in [0, 0.05) is 0 Å². The number of fused-ring (bicyclic) bond motifs is 1. The molecule has 0 saturated carbocycles. The molecule has 16 heavy (non-hydrogen) atoms. The molecule has 2 rings (SSSR count). The van der Waals surface area contributed by atoms with Crippen LogP contribution in [0.5, 0.6) is 5.75 Å². The van der Waals surface area contributed by atoms with Gasteiger partial charge in [-0.05, 0) is 13.0 Å². The first-order valence-corrected chi connectivity index (χ1v) is 4.58. The van der Waals surface area contributed by atoms with Crippen molar-refractivity contribution in [1.82, 2.24) is 0 Å². The highest BCUT2D eigenvalue weighted by atomic mass is 16.4.